The average molecular weight is 715 g/mol. The quantitative estimate of drug-likeness (QED) is 0.136. The highest BCUT2D eigenvalue weighted by Gasteiger charge is 2.40. The number of rotatable bonds is 13. The first kappa shape index (κ1) is 37.0. The number of aliphatic hydroxyl groups excluding tert-OH is 2. The van der Waals surface area contributed by atoms with E-state index in [1.165, 1.54) is 6.21 Å². The van der Waals surface area contributed by atoms with Crippen LogP contribution >= 0.6 is 0 Å². The number of Topliss-reactive ketones (excluding diaryl/α,β-unsaturated/α-hetero) is 1. The molecule has 14 heteroatoms. The third-order valence-corrected chi connectivity index (χ3v) is 10.2. The molecule has 2 aromatic carbocycles. The molecule has 3 aliphatic heterocycles. The second-order valence-electron chi connectivity index (χ2n) is 13.7. The molecule has 1 aliphatic carbocycles. The number of anilines is 1. The highest BCUT2D eigenvalue weighted by Crippen LogP contribution is 2.39. The van der Waals surface area contributed by atoms with Crippen molar-refractivity contribution in [1.29, 1.82) is 0 Å². The standard InChI is InChI=1S/C38H46N6O8/c45-32-21-26(25-5-2-1-3-6-25)22-33(46)28(32)23-39-13-14-42-15-17-43(18-16-42)19-20-52-36(49)12-11-34(47)40-30-8-4-7-27-29(30)24-44(38(27)51)31-9-10-35(48)41-37(31)50/h1-8,23,26,31,38,45,51H,9-22,24H2,(H,40,47)(H,41,48,50). The van der Waals surface area contributed by atoms with Crippen molar-refractivity contribution in [3.8, 4) is 0 Å². The summed E-state index contributed by atoms with van der Waals surface area (Å²) in [7, 11) is 0. The van der Waals surface area contributed by atoms with Gasteiger partial charge in [-0.2, -0.15) is 0 Å². The topological polar surface area (TPSA) is 181 Å². The van der Waals surface area contributed by atoms with Gasteiger partial charge in [-0.25, -0.2) is 0 Å². The number of hydrogen-bond donors (Lipinski definition) is 4. The second kappa shape index (κ2) is 17.2. The van der Waals surface area contributed by atoms with E-state index >= 15 is 0 Å². The summed E-state index contributed by atoms with van der Waals surface area (Å²) in [5, 5.41) is 26.6. The molecule has 0 bridgehead atoms. The van der Waals surface area contributed by atoms with Gasteiger partial charge < -0.3 is 20.3 Å². The number of ketones is 1. The van der Waals surface area contributed by atoms with Crippen molar-refractivity contribution in [2.75, 3.05) is 57.7 Å². The molecule has 0 saturated carbocycles. The van der Waals surface area contributed by atoms with Crippen molar-refractivity contribution in [3.63, 3.8) is 0 Å². The van der Waals surface area contributed by atoms with Crippen LogP contribution in [0.25, 0.3) is 0 Å². The van der Waals surface area contributed by atoms with Gasteiger partial charge in [-0.3, -0.25) is 49.0 Å². The van der Waals surface area contributed by atoms with Crippen LogP contribution in [-0.4, -0.2) is 119 Å². The number of piperidine rings is 1. The van der Waals surface area contributed by atoms with Crippen molar-refractivity contribution in [2.45, 2.75) is 63.3 Å². The number of ether oxygens (including phenoxy) is 1. The number of piperazine rings is 1. The lowest BCUT2D eigenvalue weighted by atomic mass is 9.83. The highest BCUT2D eigenvalue weighted by molar-refractivity contribution is 6.14. The molecule has 2 fully saturated rings. The molecule has 3 atom stereocenters. The Morgan fingerprint density at radius 3 is 2.44 bits per heavy atom. The van der Waals surface area contributed by atoms with Crippen LogP contribution in [0.3, 0.4) is 0 Å². The number of amides is 3. The Balaban J connectivity index is 0.849. The summed E-state index contributed by atoms with van der Waals surface area (Å²) in [6.07, 6.45) is 1.62. The van der Waals surface area contributed by atoms with Crippen LogP contribution in [0.1, 0.15) is 67.4 Å². The third-order valence-electron chi connectivity index (χ3n) is 10.2. The molecular weight excluding hydrogens is 668 g/mol. The Morgan fingerprint density at radius 2 is 1.71 bits per heavy atom. The predicted octanol–water partition coefficient (Wildman–Crippen LogP) is 2.21. The first-order valence-electron chi connectivity index (χ1n) is 18.0. The number of nitrogens with one attached hydrogen (secondary N) is 2. The summed E-state index contributed by atoms with van der Waals surface area (Å²) in [5.41, 5.74) is 3.14. The van der Waals surface area contributed by atoms with E-state index in [9.17, 15) is 34.2 Å². The molecule has 3 amide bonds. The number of benzene rings is 2. The number of carbonyl (C=O) groups is 5. The van der Waals surface area contributed by atoms with Crippen molar-refractivity contribution in [3.05, 3.63) is 76.6 Å². The Bertz CT molecular complexity index is 1720. The molecule has 4 N–H and O–H groups in total. The number of aliphatic hydroxyl groups is 2. The summed E-state index contributed by atoms with van der Waals surface area (Å²) < 4.78 is 5.40. The summed E-state index contributed by atoms with van der Waals surface area (Å²) >= 11 is 0. The molecule has 3 heterocycles. The van der Waals surface area contributed by atoms with Crippen LogP contribution in [0.15, 0.2) is 64.9 Å². The molecule has 0 spiro atoms. The van der Waals surface area contributed by atoms with Crippen molar-refractivity contribution in [2.24, 2.45) is 4.99 Å². The minimum atomic E-state index is -1.05. The van der Waals surface area contributed by atoms with Gasteiger partial charge in [0.15, 0.2) is 5.78 Å². The second-order valence-corrected chi connectivity index (χ2v) is 13.7. The van der Waals surface area contributed by atoms with Crippen LogP contribution in [-0.2, 0) is 35.3 Å². The fourth-order valence-corrected chi connectivity index (χ4v) is 7.27. The summed E-state index contributed by atoms with van der Waals surface area (Å²) in [4.78, 5) is 72.3. The third kappa shape index (κ3) is 9.17. The Morgan fingerprint density at radius 1 is 0.962 bits per heavy atom. The summed E-state index contributed by atoms with van der Waals surface area (Å²) in [5.74, 6) is -1.60. The molecule has 52 heavy (non-hydrogen) atoms. The van der Waals surface area contributed by atoms with Gasteiger partial charge in [0.2, 0.25) is 17.7 Å². The van der Waals surface area contributed by atoms with Crippen molar-refractivity contribution < 1.29 is 38.9 Å². The lowest BCUT2D eigenvalue weighted by molar-refractivity contribution is -0.145. The van der Waals surface area contributed by atoms with E-state index in [0.717, 1.165) is 38.3 Å². The summed E-state index contributed by atoms with van der Waals surface area (Å²) in [6.45, 7) is 5.59. The van der Waals surface area contributed by atoms with Crippen LogP contribution in [0.2, 0.25) is 0 Å². The molecule has 2 saturated heterocycles. The number of esters is 1. The molecular formula is C38H46N6O8. The Labute approximate surface area is 302 Å². The number of nitrogens with zero attached hydrogens (tertiary/aromatic N) is 4. The molecule has 6 rings (SSSR count). The fraction of sp³-hybridized carbons (Fsp3) is 0.474. The lowest BCUT2D eigenvalue weighted by Crippen LogP contribution is -2.51. The normalized spacial score (nSPS) is 23.2. The molecule has 276 valence electrons. The van der Waals surface area contributed by atoms with Gasteiger partial charge in [0.05, 0.1) is 24.6 Å². The number of aliphatic imine (C=N–C) groups is 1. The maximum absolute atomic E-state index is 12.7. The van der Waals surface area contributed by atoms with Gasteiger partial charge in [-0.1, -0.05) is 42.5 Å². The molecule has 0 radical (unpaired) electrons. The van der Waals surface area contributed by atoms with Crippen LogP contribution in [0.5, 0.6) is 0 Å². The van der Waals surface area contributed by atoms with Crippen LogP contribution in [0.4, 0.5) is 5.69 Å². The molecule has 2 aromatic rings. The molecule has 0 aromatic heterocycles. The van der Waals surface area contributed by atoms with Crippen molar-refractivity contribution >= 4 is 41.4 Å². The first-order chi connectivity index (χ1) is 25.2. The van der Waals surface area contributed by atoms with E-state index in [1.54, 1.807) is 23.1 Å². The molecule has 4 aliphatic rings. The minimum absolute atomic E-state index is 0.0139. The van der Waals surface area contributed by atoms with Gasteiger partial charge in [0, 0.05) is 89.0 Å². The number of fused-ring (bicyclic) bond motifs is 1. The zero-order chi connectivity index (χ0) is 36.6. The minimum Gasteiger partial charge on any atom is -0.511 e. The SMILES string of the molecule is O=C1CCC(N2Cc3c(NC(=O)CCC(=O)OCCN4CCN(CCN=CC5=C(O)CC(c6ccccc6)CC5=O)CC4)cccc3C2O)C(=O)N1. The van der Waals surface area contributed by atoms with E-state index in [0.29, 0.717) is 54.7 Å². The van der Waals surface area contributed by atoms with E-state index in [2.05, 4.69) is 25.4 Å². The Kier molecular flexibility index (Phi) is 12.2. The number of carbonyl (C=O) groups excluding carboxylic acids is 5. The first-order valence-corrected chi connectivity index (χ1v) is 18.0. The zero-order valence-corrected chi connectivity index (χ0v) is 29.2. The van der Waals surface area contributed by atoms with E-state index < -0.39 is 24.1 Å². The smallest absolute Gasteiger partial charge is 0.306 e. The van der Waals surface area contributed by atoms with Gasteiger partial charge in [0.1, 0.15) is 18.6 Å². The van der Waals surface area contributed by atoms with Gasteiger partial charge >= 0.3 is 5.97 Å². The van der Waals surface area contributed by atoms with E-state index in [-0.39, 0.29) is 61.7 Å². The predicted molar refractivity (Wildman–Crippen MR) is 191 cm³/mol. The number of hydrogen-bond acceptors (Lipinski definition) is 12. The number of allylic oxidation sites excluding steroid dienone is 2. The molecule has 14 nitrogen and oxygen atoms in total. The fourth-order valence-electron chi connectivity index (χ4n) is 7.27. The monoisotopic (exact) mass is 714 g/mol. The van der Waals surface area contributed by atoms with Gasteiger partial charge in [0.25, 0.3) is 0 Å². The van der Waals surface area contributed by atoms with E-state index in [4.69, 9.17) is 4.74 Å². The highest BCUT2D eigenvalue weighted by atomic mass is 16.5. The molecule has 3 unspecified atom stereocenters. The van der Waals surface area contributed by atoms with Gasteiger partial charge in [-0.15, -0.1) is 0 Å². The summed E-state index contributed by atoms with van der Waals surface area (Å²) in [6, 6.07) is 14.3. The zero-order valence-electron chi connectivity index (χ0n) is 29.2. The Hall–Kier alpha value is -4.76. The maximum atomic E-state index is 12.7. The maximum Gasteiger partial charge on any atom is 0.306 e. The van der Waals surface area contributed by atoms with Crippen LogP contribution < -0.4 is 10.6 Å². The van der Waals surface area contributed by atoms with Crippen LogP contribution in [0, 0.1) is 0 Å². The lowest BCUT2D eigenvalue weighted by Gasteiger charge is -2.34. The van der Waals surface area contributed by atoms with Crippen molar-refractivity contribution in [1.82, 2.24) is 20.0 Å². The number of imide groups is 1. The largest absolute Gasteiger partial charge is 0.511 e. The average Bonchev–Trinajstić information content (AvgIpc) is 3.47. The van der Waals surface area contributed by atoms with Gasteiger partial charge in [-0.05, 0) is 29.5 Å². The van der Waals surface area contributed by atoms with E-state index in [1.807, 2.05) is 30.3 Å².